The van der Waals surface area contributed by atoms with E-state index < -0.39 is 0 Å². The van der Waals surface area contributed by atoms with Gasteiger partial charge in [-0.25, -0.2) is 4.39 Å². The second-order valence-corrected chi connectivity index (χ2v) is 4.46. The summed E-state index contributed by atoms with van der Waals surface area (Å²) in [6.45, 7) is 4.36. The van der Waals surface area contributed by atoms with Crippen LogP contribution in [0.1, 0.15) is 12.5 Å². The molecule has 1 heterocycles. The van der Waals surface area contributed by atoms with Crippen LogP contribution in [0.4, 0.5) is 4.39 Å². The van der Waals surface area contributed by atoms with Gasteiger partial charge < -0.3 is 10.2 Å². The van der Waals surface area contributed by atoms with Gasteiger partial charge in [-0.15, -0.1) is 0 Å². The average Bonchev–Trinajstić information content (AvgIpc) is 2.47. The standard InChI is InChI=1S/C13H17FN2O/c1-10-8-15-6-7-16(13(10)17)9-11-4-2-3-5-12(11)14/h2-5,10,15H,6-9H2,1H3. The van der Waals surface area contributed by atoms with Crippen LogP contribution in [-0.4, -0.2) is 30.4 Å². The van der Waals surface area contributed by atoms with Crippen LogP contribution in [0.5, 0.6) is 0 Å². The Kier molecular flexibility index (Phi) is 3.74. The highest BCUT2D eigenvalue weighted by atomic mass is 19.1. The summed E-state index contributed by atoms with van der Waals surface area (Å²) in [5.41, 5.74) is 0.579. The third-order valence-corrected chi connectivity index (χ3v) is 3.06. The Balaban J connectivity index is 2.12. The second-order valence-electron chi connectivity index (χ2n) is 4.46. The minimum absolute atomic E-state index is 0.0377. The fraction of sp³-hybridized carbons (Fsp3) is 0.462. The van der Waals surface area contributed by atoms with E-state index in [1.165, 1.54) is 6.07 Å². The molecule has 1 amide bonds. The third kappa shape index (κ3) is 2.82. The lowest BCUT2D eigenvalue weighted by molar-refractivity contribution is -0.134. The van der Waals surface area contributed by atoms with Crippen molar-refractivity contribution >= 4 is 5.91 Å². The zero-order chi connectivity index (χ0) is 12.3. The Hall–Kier alpha value is -1.42. The lowest BCUT2D eigenvalue weighted by atomic mass is 10.1. The molecule has 0 bridgehead atoms. The molecule has 17 heavy (non-hydrogen) atoms. The van der Waals surface area contributed by atoms with E-state index in [0.29, 0.717) is 25.2 Å². The molecule has 1 N–H and O–H groups in total. The highest BCUT2D eigenvalue weighted by Gasteiger charge is 2.23. The van der Waals surface area contributed by atoms with Crippen LogP contribution in [-0.2, 0) is 11.3 Å². The van der Waals surface area contributed by atoms with Crippen molar-refractivity contribution in [2.45, 2.75) is 13.5 Å². The van der Waals surface area contributed by atoms with Crippen LogP contribution in [0.25, 0.3) is 0 Å². The molecule has 0 aromatic heterocycles. The maximum Gasteiger partial charge on any atom is 0.227 e. The summed E-state index contributed by atoms with van der Waals surface area (Å²) in [7, 11) is 0. The van der Waals surface area contributed by atoms with Crippen LogP contribution in [0.15, 0.2) is 24.3 Å². The fourth-order valence-corrected chi connectivity index (χ4v) is 2.03. The lowest BCUT2D eigenvalue weighted by Crippen LogP contribution is -2.35. The molecule has 0 saturated carbocycles. The van der Waals surface area contributed by atoms with Gasteiger partial charge in [-0.1, -0.05) is 25.1 Å². The minimum atomic E-state index is -0.245. The van der Waals surface area contributed by atoms with Gasteiger partial charge in [0.1, 0.15) is 5.82 Å². The van der Waals surface area contributed by atoms with E-state index in [-0.39, 0.29) is 17.6 Å². The first-order valence-corrected chi connectivity index (χ1v) is 5.91. The molecule has 1 aromatic rings. The zero-order valence-electron chi connectivity index (χ0n) is 9.95. The number of nitrogens with zero attached hydrogens (tertiary/aromatic N) is 1. The number of halogens is 1. The predicted octanol–water partition coefficient (Wildman–Crippen LogP) is 1.39. The van der Waals surface area contributed by atoms with E-state index in [1.54, 1.807) is 23.1 Å². The molecule has 1 atom stereocenters. The van der Waals surface area contributed by atoms with E-state index >= 15 is 0 Å². The van der Waals surface area contributed by atoms with Gasteiger partial charge in [0.15, 0.2) is 0 Å². The van der Waals surface area contributed by atoms with E-state index in [0.717, 1.165) is 6.54 Å². The van der Waals surface area contributed by atoms with Crippen molar-refractivity contribution in [1.29, 1.82) is 0 Å². The van der Waals surface area contributed by atoms with Gasteiger partial charge in [-0.3, -0.25) is 4.79 Å². The molecule has 1 aliphatic rings. The van der Waals surface area contributed by atoms with Crippen molar-refractivity contribution < 1.29 is 9.18 Å². The molecular weight excluding hydrogens is 219 g/mol. The molecule has 1 aliphatic heterocycles. The Morgan fingerprint density at radius 3 is 3.00 bits per heavy atom. The Morgan fingerprint density at radius 2 is 2.24 bits per heavy atom. The van der Waals surface area contributed by atoms with E-state index in [4.69, 9.17) is 0 Å². The Morgan fingerprint density at radius 1 is 1.47 bits per heavy atom. The Bertz CT molecular complexity index is 408. The van der Waals surface area contributed by atoms with Crippen molar-refractivity contribution in [3.8, 4) is 0 Å². The molecule has 3 nitrogen and oxygen atoms in total. The average molecular weight is 236 g/mol. The van der Waals surface area contributed by atoms with Gasteiger partial charge in [0.05, 0.1) is 0 Å². The predicted molar refractivity (Wildman–Crippen MR) is 63.9 cm³/mol. The number of amides is 1. The van der Waals surface area contributed by atoms with Gasteiger partial charge in [0.25, 0.3) is 0 Å². The zero-order valence-corrected chi connectivity index (χ0v) is 9.95. The number of carbonyl (C=O) groups is 1. The molecule has 0 spiro atoms. The maximum absolute atomic E-state index is 13.5. The first kappa shape index (κ1) is 12.0. The molecule has 1 fully saturated rings. The Labute approximate surface area is 101 Å². The topological polar surface area (TPSA) is 32.3 Å². The van der Waals surface area contributed by atoms with Crippen LogP contribution in [0.2, 0.25) is 0 Å². The summed E-state index contributed by atoms with van der Waals surface area (Å²) in [4.78, 5) is 13.7. The largest absolute Gasteiger partial charge is 0.337 e. The highest BCUT2D eigenvalue weighted by Crippen LogP contribution is 2.13. The number of hydrogen-bond acceptors (Lipinski definition) is 2. The molecule has 2 rings (SSSR count). The minimum Gasteiger partial charge on any atom is -0.337 e. The summed E-state index contributed by atoms with van der Waals surface area (Å²) in [5, 5.41) is 3.20. The van der Waals surface area contributed by atoms with Crippen molar-refractivity contribution in [3.05, 3.63) is 35.6 Å². The summed E-state index contributed by atoms with van der Waals surface area (Å²) in [5.74, 6) is -0.187. The molecule has 1 aromatic carbocycles. The number of nitrogens with one attached hydrogen (secondary N) is 1. The van der Waals surface area contributed by atoms with Crippen molar-refractivity contribution in [1.82, 2.24) is 10.2 Å². The number of carbonyl (C=O) groups excluding carboxylic acids is 1. The third-order valence-electron chi connectivity index (χ3n) is 3.06. The summed E-state index contributed by atoms with van der Waals surface area (Å²) < 4.78 is 13.5. The first-order valence-electron chi connectivity index (χ1n) is 5.91. The lowest BCUT2D eigenvalue weighted by Gasteiger charge is -2.22. The van der Waals surface area contributed by atoms with Crippen LogP contribution in [0.3, 0.4) is 0 Å². The van der Waals surface area contributed by atoms with Crippen molar-refractivity contribution in [3.63, 3.8) is 0 Å². The normalized spacial score (nSPS) is 21.4. The van der Waals surface area contributed by atoms with Crippen molar-refractivity contribution in [2.24, 2.45) is 5.92 Å². The molecule has 0 aliphatic carbocycles. The summed E-state index contributed by atoms with van der Waals surface area (Å²) in [6, 6.07) is 6.61. The maximum atomic E-state index is 13.5. The first-order chi connectivity index (χ1) is 8.18. The number of benzene rings is 1. The highest BCUT2D eigenvalue weighted by molar-refractivity contribution is 5.79. The van der Waals surface area contributed by atoms with E-state index in [2.05, 4.69) is 5.32 Å². The number of hydrogen-bond donors (Lipinski definition) is 1. The van der Waals surface area contributed by atoms with E-state index in [9.17, 15) is 9.18 Å². The molecule has 4 heteroatoms. The fourth-order valence-electron chi connectivity index (χ4n) is 2.03. The van der Waals surface area contributed by atoms with Crippen molar-refractivity contribution in [2.75, 3.05) is 19.6 Å². The van der Waals surface area contributed by atoms with Gasteiger partial charge in [0, 0.05) is 37.7 Å². The van der Waals surface area contributed by atoms with Crippen LogP contribution in [0, 0.1) is 11.7 Å². The van der Waals surface area contributed by atoms with E-state index in [1.807, 2.05) is 6.92 Å². The summed E-state index contributed by atoms with van der Waals surface area (Å²) >= 11 is 0. The number of rotatable bonds is 2. The monoisotopic (exact) mass is 236 g/mol. The molecular formula is C13H17FN2O. The SMILES string of the molecule is CC1CNCCN(Cc2ccccc2F)C1=O. The molecule has 0 radical (unpaired) electrons. The van der Waals surface area contributed by atoms with Crippen LogP contribution >= 0.6 is 0 Å². The molecule has 1 unspecified atom stereocenters. The molecule has 1 saturated heterocycles. The quantitative estimate of drug-likeness (QED) is 0.841. The molecule has 92 valence electrons. The second kappa shape index (κ2) is 5.27. The van der Waals surface area contributed by atoms with Gasteiger partial charge >= 0.3 is 0 Å². The van der Waals surface area contributed by atoms with Gasteiger partial charge in [-0.2, -0.15) is 0 Å². The smallest absolute Gasteiger partial charge is 0.227 e. The summed E-state index contributed by atoms with van der Waals surface area (Å²) in [6.07, 6.45) is 0. The van der Waals surface area contributed by atoms with Gasteiger partial charge in [0.2, 0.25) is 5.91 Å². The van der Waals surface area contributed by atoms with Crippen LogP contribution < -0.4 is 5.32 Å². The van der Waals surface area contributed by atoms with Gasteiger partial charge in [-0.05, 0) is 6.07 Å².